The molecule has 0 bridgehead atoms. The molecule has 0 fully saturated rings. The Morgan fingerprint density at radius 1 is 1.15 bits per heavy atom. The Morgan fingerprint density at radius 3 is 2.54 bits per heavy atom. The van der Waals surface area contributed by atoms with Crippen LogP contribution in [0.5, 0.6) is 5.75 Å². The number of para-hydroxylation sites is 2. The molecule has 1 N–H and O–H groups in total. The number of carbonyl (C=O) groups excluding carboxylic acids is 1. The summed E-state index contributed by atoms with van der Waals surface area (Å²) in [5.41, 5.74) is 1.30. The minimum atomic E-state index is -3.00. The molecule has 3 aromatic rings. The number of anilines is 1. The molecule has 8 heteroatoms. The second kappa shape index (κ2) is 7.57. The standard InChI is InChI=1S/C18H13F3N2O2S/c1-10-15(26-17(22-10)11-6-8-12(19)9-7-11)16(24)23-13-4-2-3-5-14(13)25-18(20)21/h2-9,18H,1H3,(H,23,24). The number of aryl methyl sites for hydroxylation is 1. The maximum absolute atomic E-state index is 13.0. The van der Waals surface area contributed by atoms with Crippen LogP contribution in [0.3, 0.4) is 0 Å². The molecule has 0 aliphatic rings. The molecule has 0 aliphatic heterocycles. The lowest BCUT2D eigenvalue weighted by molar-refractivity contribution is -0.0493. The third-order valence-corrected chi connectivity index (χ3v) is 4.65. The van der Waals surface area contributed by atoms with Crippen molar-refractivity contribution in [1.82, 2.24) is 4.98 Å². The van der Waals surface area contributed by atoms with Crippen LogP contribution < -0.4 is 10.1 Å². The molecular formula is C18H13F3N2O2S. The van der Waals surface area contributed by atoms with Gasteiger partial charge in [-0.2, -0.15) is 8.78 Å². The van der Waals surface area contributed by atoms with Crippen molar-refractivity contribution < 1.29 is 22.7 Å². The van der Waals surface area contributed by atoms with Crippen molar-refractivity contribution >= 4 is 22.9 Å². The maximum atomic E-state index is 13.0. The number of hydrogen-bond donors (Lipinski definition) is 1. The summed E-state index contributed by atoms with van der Waals surface area (Å²) >= 11 is 1.13. The van der Waals surface area contributed by atoms with Crippen molar-refractivity contribution in [1.29, 1.82) is 0 Å². The number of aromatic nitrogens is 1. The van der Waals surface area contributed by atoms with Gasteiger partial charge in [0.15, 0.2) is 0 Å². The number of amides is 1. The van der Waals surface area contributed by atoms with Gasteiger partial charge in [0.25, 0.3) is 5.91 Å². The number of carbonyl (C=O) groups is 1. The lowest BCUT2D eigenvalue weighted by Gasteiger charge is -2.11. The molecule has 4 nitrogen and oxygen atoms in total. The highest BCUT2D eigenvalue weighted by atomic mass is 32.1. The van der Waals surface area contributed by atoms with Crippen LogP contribution in [-0.4, -0.2) is 17.5 Å². The molecule has 0 spiro atoms. The van der Waals surface area contributed by atoms with Crippen LogP contribution in [-0.2, 0) is 0 Å². The van der Waals surface area contributed by atoms with Crippen molar-refractivity contribution in [3.63, 3.8) is 0 Å². The molecule has 0 aliphatic carbocycles. The van der Waals surface area contributed by atoms with E-state index in [2.05, 4.69) is 15.0 Å². The zero-order chi connectivity index (χ0) is 18.7. The number of nitrogens with zero attached hydrogens (tertiary/aromatic N) is 1. The Balaban J connectivity index is 1.84. The fourth-order valence-electron chi connectivity index (χ4n) is 2.27. The van der Waals surface area contributed by atoms with Gasteiger partial charge in [0.1, 0.15) is 21.5 Å². The van der Waals surface area contributed by atoms with Crippen molar-refractivity contribution in [3.8, 4) is 16.3 Å². The Morgan fingerprint density at radius 2 is 1.85 bits per heavy atom. The van der Waals surface area contributed by atoms with Crippen LogP contribution in [0.4, 0.5) is 18.9 Å². The highest BCUT2D eigenvalue weighted by Gasteiger charge is 2.18. The lowest BCUT2D eigenvalue weighted by atomic mass is 10.2. The molecule has 1 heterocycles. The first-order valence-corrected chi connectivity index (χ1v) is 8.34. The summed E-state index contributed by atoms with van der Waals surface area (Å²) in [6, 6.07) is 11.7. The van der Waals surface area contributed by atoms with Gasteiger partial charge < -0.3 is 10.1 Å². The summed E-state index contributed by atoms with van der Waals surface area (Å²) in [5.74, 6) is -0.980. The molecule has 0 atom stereocenters. The van der Waals surface area contributed by atoms with E-state index in [1.165, 1.54) is 30.3 Å². The fraction of sp³-hybridized carbons (Fsp3) is 0.111. The summed E-state index contributed by atoms with van der Waals surface area (Å²) < 4.78 is 42.4. The molecular weight excluding hydrogens is 365 g/mol. The number of ether oxygens (including phenoxy) is 1. The average Bonchev–Trinajstić information content (AvgIpc) is 2.99. The van der Waals surface area contributed by atoms with E-state index in [-0.39, 0.29) is 17.3 Å². The number of thiazole rings is 1. The number of nitrogens with one attached hydrogen (secondary N) is 1. The van der Waals surface area contributed by atoms with E-state index in [4.69, 9.17) is 0 Å². The molecule has 0 saturated carbocycles. The van der Waals surface area contributed by atoms with E-state index >= 15 is 0 Å². The van der Waals surface area contributed by atoms with Gasteiger partial charge in [-0.05, 0) is 43.3 Å². The van der Waals surface area contributed by atoms with Crippen molar-refractivity contribution in [2.75, 3.05) is 5.32 Å². The van der Waals surface area contributed by atoms with Crippen molar-refractivity contribution in [2.45, 2.75) is 13.5 Å². The monoisotopic (exact) mass is 378 g/mol. The van der Waals surface area contributed by atoms with Gasteiger partial charge in [-0.1, -0.05) is 12.1 Å². The van der Waals surface area contributed by atoms with Crippen LogP contribution in [0.1, 0.15) is 15.4 Å². The highest BCUT2D eigenvalue weighted by molar-refractivity contribution is 7.17. The lowest BCUT2D eigenvalue weighted by Crippen LogP contribution is -2.13. The minimum absolute atomic E-state index is 0.128. The smallest absolute Gasteiger partial charge is 0.387 e. The molecule has 134 valence electrons. The van der Waals surface area contributed by atoms with E-state index in [1.807, 2.05) is 0 Å². The van der Waals surface area contributed by atoms with E-state index in [0.29, 0.717) is 21.1 Å². The molecule has 26 heavy (non-hydrogen) atoms. The molecule has 0 unspecified atom stereocenters. The van der Waals surface area contributed by atoms with E-state index in [9.17, 15) is 18.0 Å². The van der Waals surface area contributed by atoms with Crippen LogP contribution in [0.25, 0.3) is 10.6 Å². The summed E-state index contributed by atoms with van der Waals surface area (Å²) in [7, 11) is 0. The Hall–Kier alpha value is -2.87. The SMILES string of the molecule is Cc1nc(-c2ccc(F)cc2)sc1C(=O)Nc1ccccc1OC(F)F. The van der Waals surface area contributed by atoms with Crippen LogP contribution >= 0.6 is 11.3 Å². The number of halogens is 3. The van der Waals surface area contributed by atoms with Gasteiger partial charge in [0.2, 0.25) is 0 Å². The zero-order valence-corrected chi connectivity index (χ0v) is 14.3. The molecule has 1 aromatic heterocycles. The van der Waals surface area contributed by atoms with Gasteiger partial charge in [0, 0.05) is 5.56 Å². The molecule has 2 aromatic carbocycles. The first-order chi connectivity index (χ1) is 12.4. The topological polar surface area (TPSA) is 51.2 Å². The zero-order valence-electron chi connectivity index (χ0n) is 13.5. The van der Waals surface area contributed by atoms with Gasteiger partial charge in [-0.15, -0.1) is 11.3 Å². The fourth-order valence-corrected chi connectivity index (χ4v) is 3.24. The summed E-state index contributed by atoms with van der Waals surface area (Å²) in [6.07, 6.45) is 0. The predicted molar refractivity (Wildman–Crippen MR) is 93.3 cm³/mol. The Kier molecular flexibility index (Phi) is 5.22. The van der Waals surface area contributed by atoms with Crippen molar-refractivity contribution in [3.05, 3.63) is 64.9 Å². The van der Waals surface area contributed by atoms with E-state index in [0.717, 1.165) is 11.3 Å². The summed E-state index contributed by atoms with van der Waals surface area (Å²) in [4.78, 5) is 17.2. The van der Waals surface area contributed by atoms with Gasteiger partial charge in [-0.3, -0.25) is 4.79 Å². The number of hydrogen-bond acceptors (Lipinski definition) is 4. The maximum Gasteiger partial charge on any atom is 0.387 e. The quantitative estimate of drug-likeness (QED) is 0.671. The largest absolute Gasteiger partial charge is 0.433 e. The molecule has 3 rings (SSSR count). The summed E-state index contributed by atoms with van der Waals surface area (Å²) in [6.45, 7) is -1.33. The predicted octanol–water partition coefficient (Wildman–Crippen LogP) is 5.11. The van der Waals surface area contributed by atoms with E-state index in [1.54, 1.807) is 25.1 Å². The number of rotatable bonds is 5. The van der Waals surface area contributed by atoms with Crippen LogP contribution in [0.15, 0.2) is 48.5 Å². The van der Waals surface area contributed by atoms with Gasteiger partial charge >= 0.3 is 6.61 Å². The normalized spacial score (nSPS) is 10.8. The van der Waals surface area contributed by atoms with Crippen LogP contribution in [0, 0.1) is 12.7 Å². The second-order valence-electron chi connectivity index (χ2n) is 5.27. The Labute approximate surface area is 151 Å². The van der Waals surface area contributed by atoms with Gasteiger partial charge in [-0.25, -0.2) is 9.37 Å². The molecule has 1 amide bonds. The second-order valence-corrected chi connectivity index (χ2v) is 6.27. The van der Waals surface area contributed by atoms with Crippen molar-refractivity contribution in [2.24, 2.45) is 0 Å². The number of alkyl halides is 2. The first kappa shape index (κ1) is 17.9. The summed E-state index contributed by atoms with van der Waals surface area (Å²) in [5, 5.41) is 3.12. The molecule has 0 saturated heterocycles. The van der Waals surface area contributed by atoms with Gasteiger partial charge in [0.05, 0.1) is 11.4 Å². The first-order valence-electron chi connectivity index (χ1n) is 7.52. The Bertz CT molecular complexity index is 926. The third kappa shape index (κ3) is 4.02. The third-order valence-electron chi connectivity index (χ3n) is 3.45. The van der Waals surface area contributed by atoms with E-state index < -0.39 is 12.5 Å². The minimum Gasteiger partial charge on any atom is -0.433 e. The highest BCUT2D eigenvalue weighted by Crippen LogP contribution is 2.30. The number of benzene rings is 2. The average molecular weight is 378 g/mol. The molecule has 0 radical (unpaired) electrons. The van der Waals surface area contributed by atoms with Crippen LogP contribution in [0.2, 0.25) is 0 Å².